The number of guanidine groups is 1. The molecule has 0 saturated carbocycles. The number of phenols is 1. The molecule has 0 aromatic heterocycles. The SMILES string of the molecule is CC(C)C[C@H](NC(=O)[C@H](C)NC(=O)[C@H](CCC(=O)O)NC(=O)[C@H](Cc1ccc(O)cc1)NC(=O)[C@@H](NC(=O)[C@H](CCCN=C(N)N)NC(=O)[C@H](C)NC(=O)[C@@H](N)CCCCN)C(C)C)C(=O)O. The van der Waals surface area contributed by atoms with Crippen LogP contribution < -0.4 is 60.2 Å². The Hall–Kier alpha value is -6.56. The van der Waals surface area contributed by atoms with Crippen molar-refractivity contribution in [3.8, 4) is 5.75 Å². The van der Waals surface area contributed by atoms with E-state index in [-0.39, 0.29) is 49.9 Å². The zero-order chi connectivity index (χ0) is 51.0. The molecule has 7 amide bonds. The molecule has 0 unspecified atom stereocenters. The topological polar surface area (TPSA) is 415 Å². The van der Waals surface area contributed by atoms with Crippen molar-refractivity contribution in [2.24, 2.45) is 39.8 Å². The quantitative estimate of drug-likeness (QED) is 0.0208. The van der Waals surface area contributed by atoms with Crippen molar-refractivity contribution in [1.29, 1.82) is 0 Å². The Bertz CT molecular complexity index is 1860. The van der Waals surface area contributed by atoms with Gasteiger partial charge in [-0.05, 0) is 88.4 Å². The van der Waals surface area contributed by atoms with E-state index < -0.39 is 120 Å². The molecule has 0 heterocycles. The van der Waals surface area contributed by atoms with Crippen LogP contribution in [0.2, 0.25) is 0 Å². The molecule has 1 aromatic carbocycles. The molecule has 1 aromatic rings. The van der Waals surface area contributed by atoms with E-state index in [1.807, 2.05) is 0 Å². The van der Waals surface area contributed by atoms with Crippen molar-refractivity contribution in [1.82, 2.24) is 37.2 Å². The number of benzene rings is 1. The summed E-state index contributed by atoms with van der Waals surface area (Å²) in [6.07, 6.45) is 0.544. The maximum absolute atomic E-state index is 14.1. The molecule has 8 atom stereocenters. The second kappa shape index (κ2) is 29.9. The number of aliphatic imine (C=N–C) groups is 1. The van der Waals surface area contributed by atoms with Gasteiger partial charge in [0, 0.05) is 19.4 Å². The van der Waals surface area contributed by atoms with Gasteiger partial charge in [-0.3, -0.25) is 43.3 Å². The lowest BCUT2D eigenvalue weighted by Gasteiger charge is -2.29. The fraction of sp³-hybridized carbons (Fsp3) is 0.628. The highest BCUT2D eigenvalue weighted by Crippen LogP contribution is 2.14. The van der Waals surface area contributed by atoms with Crippen molar-refractivity contribution >= 4 is 59.2 Å². The van der Waals surface area contributed by atoms with E-state index in [4.69, 9.17) is 22.9 Å². The molecule has 24 heteroatoms. The lowest BCUT2D eigenvalue weighted by atomic mass is 9.99. The number of aliphatic carboxylic acids is 2. The first kappa shape index (κ1) is 58.5. The number of amides is 7. The van der Waals surface area contributed by atoms with Gasteiger partial charge >= 0.3 is 11.9 Å². The van der Waals surface area contributed by atoms with E-state index in [2.05, 4.69) is 42.2 Å². The fourth-order valence-electron chi connectivity index (χ4n) is 6.40. The molecule has 0 aliphatic heterocycles. The first-order valence-electron chi connectivity index (χ1n) is 22.2. The van der Waals surface area contributed by atoms with Gasteiger partial charge in [-0.25, -0.2) is 4.79 Å². The standard InChI is InChI=1S/C43H72N12O12/c1-22(2)20-32(42(66)67)54-36(60)25(6)50-38(62)30(16-17-33(57)58)52-40(64)31(21-26-12-14-27(56)15-13-26)53-41(65)34(23(3)4)55-39(63)29(11-9-19-48-43(46)47)51-35(59)24(5)49-37(61)28(45)10-7-8-18-44/h12-15,22-25,28-32,34,56H,7-11,16-21,44-45H2,1-6H3,(H,49,61)(H,50,62)(H,51,59)(H,52,64)(H,53,65)(H,54,60)(H,55,63)(H,57,58)(H,66,67)(H4,46,47,48)/t24-,25-,28-,29-,30-,31-,32-,34-/m0/s1. The van der Waals surface area contributed by atoms with E-state index in [9.17, 15) is 58.5 Å². The third-order valence-corrected chi connectivity index (χ3v) is 10.2. The summed E-state index contributed by atoms with van der Waals surface area (Å²) in [7, 11) is 0. The van der Waals surface area contributed by atoms with Gasteiger partial charge in [0.15, 0.2) is 5.96 Å². The average Bonchev–Trinajstić information content (AvgIpc) is 3.24. The number of hydrogen-bond acceptors (Lipinski definition) is 13. The first-order chi connectivity index (χ1) is 31.4. The van der Waals surface area contributed by atoms with E-state index in [0.717, 1.165) is 0 Å². The van der Waals surface area contributed by atoms with Gasteiger partial charge in [0.2, 0.25) is 41.4 Å². The summed E-state index contributed by atoms with van der Waals surface area (Å²) in [5.74, 6) is -9.47. The van der Waals surface area contributed by atoms with Crippen molar-refractivity contribution < 1.29 is 58.5 Å². The zero-order valence-corrected chi connectivity index (χ0v) is 39.1. The molecular weight excluding hydrogens is 877 g/mol. The molecule has 0 aliphatic rings. The number of unbranched alkanes of at least 4 members (excludes halogenated alkanes) is 1. The first-order valence-corrected chi connectivity index (χ1v) is 22.2. The summed E-state index contributed by atoms with van der Waals surface area (Å²) in [6.45, 7) is 9.90. The summed E-state index contributed by atoms with van der Waals surface area (Å²) >= 11 is 0. The van der Waals surface area contributed by atoms with Crippen molar-refractivity contribution in [3.05, 3.63) is 29.8 Å². The van der Waals surface area contributed by atoms with Crippen LogP contribution in [0.25, 0.3) is 0 Å². The number of phenolic OH excluding ortho intramolecular Hbond substituents is 1. The van der Waals surface area contributed by atoms with E-state index >= 15 is 0 Å². The number of carbonyl (C=O) groups excluding carboxylic acids is 7. The van der Waals surface area contributed by atoms with Crippen LogP contribution in [0, 0.1) is 11.8 Å². The molecule has 0 fully saturated rings. The molecule has 0 aliphatic carbocycles. The minimum atomic E-state index is -1.58. The van der Waals surface area contributed by atoms with Crippen molar-refractivity contribution in [2.75, 3.05) is 13.1 Å². The van der Waals surface area contributed by atoms with Crippen LogP contribution >= 0.6 is 0 Å². The van der Waals surface area contributed by atoms with E-state index in [0.29, 0.717) is 31.4 Å². The average molecular weight is 949 g/mol. The summed E-state index contributed by atoms with van der Waals surface area (Å²) in [6, 6.07) is -4.73. The van der Waals surface area contributed by atoms with Crippen LogP contribution in [0.1, 0.15) is 98.5 Å². The Morgan fingerprint density at radius 2 is 1.10 bits per heavy atom. The lowest BCUT2D eigenvalue weighted by molar-refractivity contribution is -0.142. The fourth-order valence-corrected chi connectivity index (χ4v) is 6.40. The van der Waals surface area contributed by atoms with Gasteiger partial charge in [0.05, 0.1) is 6.04 Å². The van der Waals surface area contributed by atoms with Crippen molar-refractivity contribution in [3.63, 3.8) is 0 Å². The van der Waals surface area contributed by atoms with E-state index in [1.54, 1.807) is 27.7 Å². The highest BCUT2D eigenvalue weighted by Gasteiger charge is 2.34. The monoisotopic (exact) mass is 949 g/mol. The molecular formula is C43H72N12O12. The lowest BCUT2D eigenvalue weighted by Crippen LogP contribution is -2.61. The predicted molar refractivity (Wildman–Crippen MR) is 246 cm³/mol. The number of nitrogens with zero attached hydrogens (tertiary/aromatic N) is 1. The van der Waals surface area contributed by atoms with Crippen LogP contribution in [0.15, 0.2) is 29.3 Å². The Morgan fingerprint density at radius 3 is 1.63 bits per heavy atom. The van der Waals surface area contributed by atoms with E-state index in [1.165, 1.54) is 38.1 Å². The zero-order valence-electron chi connectivity index (χ0n) is 39.1. The minimum Gasteiger partial charge on any atom is -0.508 e. The molecule has 0 saturated heterocycles. The third kappa shape index (κ3) is 23.0. The van der Waals surface area contributed by atoms with Crippen LogP contribution in [-0.4, -0.2) is 136 Å². The molecule has 18 N–H and O–H groups in total. The normalized spacial score (nSPS) is 14.7. The maximum atomic E-state index is 14.1. The van der Waals surface area contributed by atoms with Gasteiger partial charge in [-0.2, -0.15) is 0 Å². The minimum absolute atomic E-state index is 0.0237. The summed E-state index contributed by atoms with van der Waals surface area (Å²) in [5.41, 5.74) is 22.8. The maximum Gasteiger partial charge on any atom is 0.326 e. The van der Waals surface area contributed by atoms with Crippen LogP contribution in [0.3, 0.4) is 0 Å². The molecule has 24 nitrogen and oxygen atoms in total. The number of carbonyl (C=O) groups is 9. The Balaban J connectivity index is 3.43. The number of nitrogens with two attached hydrogens (primary N) is 4. The number of nitrogens with one attached hydrogen (secondary N) is 7. The van der Waals surface area contributed by atoms with Gasteiger partial charge in [0.1, 0.15) is 48.0 Å². The van der Waals surface area contributed by atoms with Gasteiger partial charge < -0.3 is 75.5 Å². The van der Waals surface area contributed by atoms with Crippen molar-refractivity contribution in [2.45, 2.75) is 148 Å². The summed E-state index contributed by atoms with van der Waals surface area (Å²) in [4.78, 5) is 122. The molecule has 1 rings (SSSR count). The Kier molecular flexibility index (Phi) is 26.1. The van der Waals surface area contributed by atoms with Gasteiger partial charge in [-0.15, -0.1) is 0 Å². The Labute approximate surface area is 390 Å². The molecule has 0 bridgehead atoms. The number of carboxylic acids is 2. The van der Waals surface area contributed by atoms with Gasteiger partial charge in [-0.1, -0.05) is 46.2 Å². The van der Waals surface area contributed by atoms with Crippen LogP contribution in [0.4, 0.5) is 0 Å². The number of aromatic hydroxyl groups is 1. The number of carboxylic acid groups (broad SMARTS) is 2. The molecule has 0 radical (unpaired) electrons. The summed E-state index contributed by atoms with van der Waals surface area (Å²) in [5, 5.41) is 46.4. The van der Waals surface area contributed by atoms with Crippen LogP contribution in [0.5, 0.6) is 5.75 Å². The highest BCUT2D eigenvalue weighted by molar-refractivity contribution is 5.97. The second-order valence-electron chi connectivity index (χ2n) is 17.0. The largest absolute Gasteiger partial charge is 0.508 e. The highest BCUT2D eigenvalue weighted by atomic mass is 16.4. The molecule has 0 spiro atoms. The summed E-state index contributed by atoms with van der Waals surface area (Å²) < 4.78 is 0. The predicted octanol–water partition coefficient (Wildman–Crippen LogP) is -2.47. The van der Waals surface area contributed by atoms with Gasteiger partial charge in [0.25, 0.3) is 0 Å². The smallest absolute Gasteiger partial charge is 0.326 e. The number of hydrogen-bond donors (Lipinski definition) is 14. The molecule has 376 valence electrons. The molecule has 67 heavy (non-hydrogen) atoms. The Morgan fingerprint density at radius 1 is 0.597 bits per heavy atom. The van der Waals surface area contributed by atoms with Crippen LogP contribution in [-0.2, 0) is 49.6 Å². The third-order valence-electron chi connectivity index (χ3n) is 10.2. The number of rotatable bonds is 31. The second-order valence-corrected chi connectivity index (χ2v) is 17.0.